The van der Waals surface area contributed by atoms with Crippen LogP contribution in [0, 0.1) is 0 Å². The number of nitrogens with two attached hydrogens (primary N) is 1. The number of aromatic nitrogens is 3. The van der Waals surface area contributed by atoms with Crippen LogP contribution >= 0.6 is 11.6 Å². The fraction of sp³-hybridized carbons (Fsp3) is 0.273. The van der Waals surface area contributed by atoms with Gasteiger partial charge in [0, 0.05) is 12.1 Å². The summed E-state index contributed by atoms with van der Waals surface area (Å²) in [6.45, 7) is 1.18. The van der Waals surface area contributed by atoms with E-state index in [2.05, 4.69) is 10.3 Å². The zero-order chi connectivity index (χ0) is 12.3. The van der Waals surface area contributed by atoms with Crippen LogP contribution in [0.1, 0.15) is 0 Å². The fourth-order valence-electron chi connectivity index (χ4n) is 1.50. The Morgan fingerprint density at radius 3 is 2.94 bits per heavy atom. The molecule has 17 heavy (non-hydrogen) atoms. The molecule has 0 amide bonds. The van der Waals surface area contributed by atoms with Crippen molar-refractivity contribution in [1.82, 2.24) is 15.0 Å². The van der Waals surface area contributed by atoms with Crippen LogP contribution in [-0.4, -0.2) is 28.6 Å². The van der Waals surface area contributed by atoms with Crippen LogP contribution in [0.3, 0.4) is 0 Å². The number of hydrogen-bond acceptors (Lipinski definition) is 4. The second-order valence-corrected chi connectivity index (χ2v) is 3.91. The Morgan fingerprint density at radius 1 is 1.47 bits per heavy atom. The van der Waals surface area contributed by atoms with Gasteiger partial charge in [0.2, 0.25) is 0 Å². The van der Waals surface area contributed by atoms with Gasteiger partial charge in [-0.3, -0.25) is 4.68 Å². The maximum atomic E-state index is 6.05. The molecule has 1 aromatic carbocycles. The van der Waals surface area contributed by atoms with E-state index < -0.39 is 0 Å². The van der Waals surface area contributed by atoms with Crippen molar-refractivity contribution in [2.24, 2.45) is 5.73 Å². The summed E-state index contributed by atoms with van der Waals surface area (Å²) in [6, 6.07) is 5.50. The van der Waals surface area contributed by atoms with E-state index in [1.807, 2.05) is 12.3 Å². The van der Waals surface area contributed by atoms with Crippen molar-refractivity contribution in [2.45, 2.75) is 6.54 Å². The molecule has 0 aliphatic heterocycles. The van der Waals surface area contributed by atoms with Gasteiger partial charge >= 0.3 is 0 Å². The molecule has 5 nitrogen and oxygen atoms in total. The molecule has 2 rings (SSSR count). The van der Waals surface area contributed by atoms with E-state index in [9.17, 15) is 0 Å². The molecule has 90 valence electrons. The molecule has 2 N–H and O–H groups in total. The zero-order valence-electron chi connectivity index (χ0n) is 9.43. The van der Waals surface area contributed by atoms with Gasteiger partial charge < -0.3 is 10.5 Å². The van der Waals surface area contributed by atoms with Crippen LogP contribution in [0.4, 0.5) is 0 Å². The molecule has 1 heterocycles. The second kappa shape index (κ2) is 5.16. The lowest BCUT2D eigenvalue weighted by Crippen LogP contribution is -2.10. The SMILES string of the molecule is COc1ccc(-c2cn(CCN)nn2)cc1Cl. The van der Waals surface area contributed by atoms with Crippen LogP contribution < -0.4 is 10.5 Å². The van der Waals surface area contributed by atoms with Crippen molar-refractivity contribution in [3.63, 3.8) is 0 Å². The first kappa shape index (κ1) is 11.9. The summed E-state index contributed by atoms with van der Waals surface area (Å²) in [5.41, 5.74) is 7.11. The molecule has 0 atom stereocenters. The molecule has 0 aliphatic carbocycles. The lowest BCUT2D eigenvalue weighted by Gasteiger charge is -2.03. The highest BCUT2D eigenvalue weighted by atomic mass is 35.5. The van der Waals surface area contributed by atoms with Crippen LogP contribution in [0.2, 0.25) is 5.02 Å². The molecule has 0 aliphatic rings. The molecule has 6 heteroatoms. The van der Waals surface area contributed by atoms with Crippen molar-refractivity contribution >= 4 is 11.6 Å². The Bertz CT molecular complexity index is 512. The van der Waals surface area contributed by atoms with E-state index >= 15 is 0 Å². The van der Waals surface area contributed by atoms with Gasteiger partial charge in [0.05, 0.1) is 24.9 Å². The molecule has 0 fully saturated rings. The highest BCUT2D eigenvalue weighted by molar-refractivity contribution is 6.32. The van der Waals surface area contributed by atoms with Gasteiger partial charge in [-0.1, -0.05) is 16.8 Å². The van der Waals surface area contributed by atoms with Crippen molar-refractivity contribution in [3.8, 4) is 17.0 Å². The van der Waals surface area contributed by atoms with E-state index in [1.165, 1.54) is 0 Å². The van der Waals surface area contributed by atoms with Crippen LogP contribution in [0.15, 0.2) is 24.4 Å². The number of hydrogen-bond donors (Lipinski definition) is 1. The van der Waals surface area contributed by atoms with Gasteiger partial charge in [-0.05, 0) is 18.2 Å². The summed E-state index contributed by atoms with van der Waals surface area (Å²) >= 11 is 6.05. The summed E-state index contributed by atoms with van der Waals surface area (Å²) in [5, 5.41) is 8.58. The predicted molar refractivity (Wildman–Crippen MR) is 66.1 cm³/mol. The predicted octanol–water partition coefficient (Wildman–Crippen LogP) is 1.57. The maximum Gasteiger partial charge on any atom is 0.137 e. The molecule has 0 bridgehead atoms. The summed E-state index contributed by atoms with van der Waals surface area (Å²) < 4.78 is 6.79. The van der Waals surface area contributed by atoms with E-state index in [-0.39, 0.29) is 0 Å². The minimum absolute atomic E-state index is 0.534. The first-order chi connectivity index (χ1) is 8.24. The molecule has 2 aromatic rings. The van der Waals surface area contributed by atoms with Gasteiger partial charge in [0.15, 0.2) is 0 Å². The standard InChI is InChI=1S/C11H13ClN4O/c1-17-11-3-2-8(6-9(11)12)10-7-16(5-4-13)15-14-10/h2-3,6-7H,4-5,13H2,1H3. The number of nitrogens with zero attached hydrogens (tertiary/aromatic N) is 3. The summed E-state index contributed by atoms with van der Waals surface area (Å²) in [6.07, 6.45) is 1.84. The van der Waals surface area contributed by atoms with E-state index in [1.54, 1.807) is 23.9 Å². The highest BCUT2D eigenvalue weighted by Gasteiger charge is 2.07. The number of halogens is 1. The largest absolute Gasteiger partial charge is 0.495 e. The average molecular weight is 253 g/mol. The number of ether oxygens (including phenoxy) is 1. The quantitative estimate of drug-likeness (QED) is 0.897. The Kier molecular flexibility index (Phi) is 3.61. The number of methoxy groups -OCH3 is 1. The average Bonchev–Trinajstić information content (AvgIpc) is 2.78. The number of rotatable bonds is 4. The summed E-state index contributed by atoms with van der Waals surface area (Å²) in [5.74, 6) is 0.643. The molecule has 0 radical (unpaired) electrons. The van der Waals surface area contributed by atoms with Crippen molar-refractivity contribution in [1.29, 1.82) is 0 Å². The molecule has 1 aromatic heterocycles. The third-order valence-corrected chi connectivity index (χ3v) is 2.64. The van der Waals surface area contributed by atoms with Crippen LogP contribution in [-0.2, 0) is 6.54 Å². The highest BCUT2D eigenvalue weighted by Crippen LogP contribution is 2.28. The Morgan fingerprint density at radius 2 is 2.29 bits per heavy atom. The van der Waals surface area contributed by atoms with Crippen LogP contribution in [0.25, 0.3) is 11.3 Å². The lowest BCUT2D eigenvalue weighted by molar-refractivity contribution is 0.415. The summed E-state index contributed by atoms with van der Waals surface area (Å²) in [7, 11) is 1.58. The monoisotopic (exact) mass is 252 g/mol. The third-order valence-electron chi connectivity index (χ3n) is 2.34. The number of benzene rings is 1. The van der Waals surface area contributed by atoms with Crippen molar-refractivity contribution < 1.29 is 4.74 Å². The van der Waals surface area contributed by atoms with E-state index in [0.29, 0.717) is 23.9 Å². The molecule has 0 unspecified atom stereocenters. The minimum atomic E-state index is 0.534. The first-order valence-electron chi connectivity index (χ1n) is 5.18. The molecular weight excluding hydrogens is 240 g/mol. The third kappa shape index (κ3) is 2.57. The minimum Gasteiger partial charge on any atom is -0.495 e. The van der Waals surface area contributed by atoms with Crippen molar-refractivity contribution in [3.05, 3.63) is 29.4 Å². The van der Waals surface area contributed by atoms with Gasteiger partial charge in [-0.25, -0.2) is 0 Å². The zero-order valence-corrected chi connectivity index (χ0v) is 10.2. The van der Waals surface area contributed by atoms with Gasteiger partial charge in [0.1, 0.15) is 11.4 Å². The Hall–Kier alpha value is -1.59. The topological polar surface area (TPSA) is 66.0 Å². The Labute approximate surface area is 104 Å². The maximum absolute atomic E-state index is 6.05. The van der Waals surface area contributed by atoms with E-state index in [0.717, 1.165) is 11.3 Å². The van der Waals surface area contributed by atoms with E-state index in [4.69, 9.17) is 22.1 Å². The molecular formula is C11H13ClN4O. The summed E-state index contributed by atoms with van der Waals surface area (Å²) in [4.78, 5) is 0. The Balaban J connectivity index is 2.29. The molecule has 0 saturated heterocycles. The van der Waals surface area contributed by atoms with Gasteiger partial charge in [-0.2, -0.15) is 0 Å². The van der Waals surface area contributed by atoms with Crippen LogP contribution in [0.5, 0.6) is 5.75 Å². The smallest absolute Gasteiger partial charge is 0.137 e. The first-order valence-corrected chi connectivity index (χ1v) is 5.56. The fourth-order valence-corrected chi connectivity index (χ4v) is 1.76. The molecule has 0 saturated carbocycles. The second-order valence-electron chi connectivity index (χ2n) is 3.50. The van der Waals surface area contributed by atoms with Gasteiger partial charge in [-0.15, -0.1) is 5.10 Å². The normalized spacial score (nSPS) is 10.5. The lowest BCUT2D eigenvalue weighted by atomic mass is 10.1. The van der Waals surface area contributed by atoms with Crippen molar-refractivity contribution in [2.75, 3.05) is 13.7 Å². The van der Waals surface area contributed by atoms with Gasteiger partial charge in [0.25, 0.3) is 0 Å². The molecule has 0 spiro atoms.